The van der Waals surface area contributed by atoms with Crippen molar-refractivity contribution < 1.29 is 19.1 Å². The van der Waals surface area contributed by atoms with Crippen molar-refractivity contribution >= 4 is 35.2 Å². The van der Waals surface area contributed by atoms with Crippen LogP contribution < -0.4 is 5.32 Å². The van der Waals surface area contributed by atoms with E-state index in [0.717, 1.165) is 6.07 Å². The summed E-state index contributed by atoms with van der Waals surface area (Å²) in [5, 5.41) is 10.9. The SMILES string of the molecule is O=C(O)CSCCNC(=O)c1ccc(F)c(Cl)c1. The molecule has 1 aromatic carbocycles. The van der Waals surface area contributed by atoms with E-state index in [4.69, 9.17) is 16.7 Å². The molecule has 18 heavy (non-hydrogen) atoms. The summed E-state index contributed by atoms with van der Waals surface area (Å²) in [6.45, 7) is 0.339. The molecule has 0 unspecified atom stereocenters. The summed E-state index contributed by atoms with van der Waals surface area (Å²) in [4.78, 5) is 21.8. The number of hydrogen-bond donors (Lipinski definition) is 2. The minimum atomic E-state index is -0.892. The minimum absolute atomic E-state index is 0.00174. The number of carboxylic acids is 1. The van der Waals surface area contributed by atoms with E-state index < -0.39 is 11.8 Å². The van der Waals surface area contributed by atoms with Gasteiger partial charge in [-0.05, 0) is 18.2 Å². The number of amides is 1. The highest BCUT2D eigenvalue weighted by Crippen LogP contribution is 2.15. The lowest BCUT2D eigenvalue weighted by molar-refractivity contribution is -0.133. The molecular weight excluding hydrogens is 281 g/mol. The summed E-state index contributed by atoms with van der Waals surface area (Å²) in [5.41, 5.74) is 0.268. The first kappa shape index (κ1) is 14.8. The predicted molar refractivity (Wildman–Crippen MR) is 68.7 cm³/mol. The van der Waals surface area contributed by atoms with E-state index in [1.807, 2.05) is 0 Å². The Morgan fingerprint density at radius 3 is 2.78 bits per heavy atom. The zero-order valence-electron chi connectivity index (χ0n) is 9.28. The number of aliphatic carboxylic acids is 1. The smallest absolute Gasteiger partial charge is 0.313 e. The molecule has 0 atom stereocenters. The van der Waals surface area contributed by atoms with Crippen LogP contribution in [0.2, 0.25) is 5.02 Å². The molecule has 0 fully saturated rings. The topological polar surface area (TPSA) is 66.4 Å². The molecule has 98 valence electrons. The maximum atomic E-state index is 12.9. The van der Waals surface area contributed by atoms with Gasteiger partial charge in [-0.15, -0.1) is 11.8 Å². The quantitative estimate of drug-likeness (QED) is 0.787. The molecule has 0 spiro atoms. The van der Waals surface area contributed by atoms with Crippen LogP contribution in [0.3, 0.4) is 0 Å². The fourth-order valence-corrected chi connectivity index (χ4v) is 1.88. The molecule has 0 radical (unpaired) electrons. The molecule has 0 aliphatic carbocycles. The van der Waals surface area contributed by atoms with Crippen LogP contribution in [0.1, 0.15) is 10.4 Å². The third-order valence-corrected chi connectivity index (χ3v) is 3.17. The van der Waals surface area contributed by atoms with Crippen LogP contribution in [0, 0.1) is 5.82 Å². The fraction of sp³-hybridized carbons (Fsp3) is 0.273. The van der Waals surface area contributed by atoms with Gasteiger partial charge in [-0.1, -0.05) is 11.6 Å². The van der Waals surface area contributed by atoms with Gasteiger partial charge in [0.1, 0.15) is 5.82 Å². The largest absolute Gasteiger partial charge is 0.481 e. The van der Waals surface area contributed by atoms with Crippen molar-refractivity contribution in [1.82, 2.24) is 5.32 Å². The van der Waals surface area contributed by atoms with Crippen molar-refractivity contribution in [1.29, 1.82) is 0 Å². The second-order valence-corrected chi connectivity index (χ2v) is 4.84. The van der Waals surface area contributed by atoms with Crippen molar-refractivity contribution in [2.75, 3.05) is 18.1 Å². The van der Waals surface area contributed by atoms with E-state index in [9.17, 15) is 14.0 Å². The fourth-order valence-electron chi connectivity index (χ4n) is 1.14. The van der Waals surface area contributed by atoms with Crippen molar-refractivity contribution in [2.24, 2.45) is 0 Å². The van der Waals surface area contributed by atoms with E-state index in [0.29, 0.717) is 12.3 Å². The van der Waals surface area contributed by atoms with Gasteiger partial charge in [0.2, 0.25) is 0 Å². The molecule has 0 saturated heterocycles. The molecule has 1 aromatic rings. The molecule has 1 rings (SSSR count). The number of halogens is 2. The van der Waals surface area contributed by atoms with E-state index in [2.05, 4.69) is 5.32 Å². The monoisotopic (exact) mass is 291 g/mol. The molecule has 7 heteroatoms. The molecule has 4 nitrogen and oxygen atoms in total. The maximum absolute atomic E-state index is 12.9. The summed E-state index contributed by atoms with van der Waals surface area (Å²) in [5.74, 6) is -1.35. The number of benzene rings is 1. The van der Waals surface area contributed by atoms with Crippen LogP contribution >= 0.6 is 23.4 Å². The average Bonchev–Trinajstić information content (AvgIpc) is 2.31. The highest BCUT2D eigenvalue weighted by atomic mass is 35.5. The normalized spacial score (nSPS) is 10.1. The molecule has 0 heterocycles. The number of carbonyl (C=O) groups is 2. The number of hydrogen-bond acceptors (Lipinski definition) is 3. The van der Waals surface area contributed by atoms with Gasteiger partial charge in [0.05, 0.1) is 10.8 Å². The Hall–Kier alpha value is -1.27. The molecule has 0 bridgehead atoms. The van der Waals surface area contributed by atoms with Gasteiger partial charge in [-0.25, -0.2) is 4.39 Å². The molecule has 0 aliphatic heterocycles. The Labute approximate surface area is 113 Å². The first-order valence-electron chi connectivity index (χ1n) is 5.03. The summed E-state index contributed by atoms with van der Waals surface area (Å²) < 4.78 is 12.9. The van der Waals surface area contributed by atoms with Gasteiger partial charge in [-0.3, -0.25) is 9.59 Å². The van der Waals surface area contributed by atoms with Crippen LogP contribution in [0.4, 0.5) is 4.39 Å². The van der Waals surface area contributed by atoms with Crippen LogP contribution in [0.5, 0.6) is 0 Å². The third-order valence-electron chi connectivity index (χ3n) is 1.94. The van der Waals surface area contributed by atoms with Crippen molar-refractivity contribution in [3.63, 3.8) is 0 Å². The first-order valence-corrected chi connectivity index (χ1v) is 6.56. The second kappa shape index (κ2) is 7.23. The van der Waals surface area contributed by atoms with E-state index in [1.54, 1.807) is 0 Å². The summed E-state index contributed by atoms with van der Waals surface area (Å²) in [6, 6.07) is 3.70. The van der Waals surface area contributed by atoms with Crippen molar-refractivity contribution in [3.8, 4) is 0 Å². The number of nitrogens with one attached hydrogen (secondary N) is 1. The van der Waals surface area contributed by atoms with Crippen molar-refractivity contribution in [2.45, 2.75) is 0 Å². The lowest BCUT2D eigenvalue weighted by atomic mass is 10.2. The molecule has 0 saturated carbocycles. The van der Waals surface area contributed by atoms with Crippen molar-refractivity contribution in [3.05, 3.63) is 34.6 Å². The lowest BCUT2D eigenvalue weighted by Gasteiger charge is -2.05. The van der Waals surface area contributed by atoms with E-state index in [1.165, 1.54) is 23.9 Å². The second-order valence-electron chi connectivity index (χ2n) is 3.33. The maximum Gasteiger partial charge on any atom is 0.313 e. The van der Waals surface area contributed by atoms with E-state index in [-0.39, 0.29) is 22.2 Å². The van der Waals surface area contributed by atoms with E-state index >= 15 is 0 Å². The van der Waals surface area contributed by atoms with Gasteiger partial charge in [0.25, 0.3) is 5.91 Å². The highest BCUT2D eigenvalue weighted by Gasteiger charge is 2.08. The Bertz CT molecular complexity index is 456. The zero-order chi connectivity index (χ0) is 13.5. The Kier molecular flexibility index (Phi) is 5.94. The van der Waals surface area contributed by atoms with Crippen LogP contribution in [0.15, 0.2) is 18.2 Å². The number of carboxylic acid groups (broad SMARTS) is 1. The zero-order valence-corrected chi connectivity index (χ0v) is 10.9. The summed E-state index contributed by atoms with van der Waals surface area (Å²) >= 11 is 6.76. The lowest BCUT2D eigenvalue weighted by Crippen LogP contribution is -2.26. The first-order chi connectivity index (χ1) is 8.50. The Morgan fingerprint density at radius 1 is 1.44 bits per heavy atom. The Morgan fingerprint density at radius 2 is 2.17 bits per heavy atom. The molecule has 1 amide bonds. The molecule has 0 aromatic heterocycles. The standard InChI is InChI=1S/C11H11ClFNO3S/c12-8-5-7(1-2-9(8)13)11(17)14-3-4-18-6-10(15)16/h1-2,5H,3-4,6H2,(H,14,17)(H,15,16). The van der Waals surface area contributed by atoms with Crippen LogP contribution in [-0.2, 0) is 4.79 Å². The van der Waals surface area contributed by atoms with Gasteiger partial charge in [-0.2, -0.15) is 0 Å². The summed E-state index contributed by atoms with van der Waals surface area (Å²) in [6.07, 6.45) is 0. The number of thioether (sulfide) groups is 1. The number of rotatable bonds is 6. The highest BCUT2D eigenvalue weighted by molar-refractivity contribution is 7.99. The predicted octanol–water partition coefficient (Wildman–Crippen LogP) is 2.03. The average molecular weight is 292 g/mol. The molecular formula is C11H11ClFNO3S. The molecule has 0 aliphatic rings. The van der Waals surface area contributed by atoms with Gasteiger partial charge in [0.15, 0.2) is 0 Å². The van der Waals surface area contributed by atoms with Crippen LogP contribution in [-0.4, -0.2) is 35.0 Å². The molecule has 2 N–H and O–H groups in total. The van der Waals surface area contributed by atoms with Gasteiger partial charge >= 0.3 is 5.97 Å². The summed E-state index contributed by atoms with van der Waals surface area (Å²) in [7, 11) is 0. The minimum Gasteiger partial charge on any atom is -0.481 e. The van der Waals surface area contributed by atoms with Crippen LogP contribution in [0.25, 0.3) is 0 Å². The number of carbonyl (C=O) groups excluding carboxylic acids is 1. The Balaban J connectivity index is 2.36. The van der Waals surface area contributed by atoms with Gasteiger partial charge in [0, 0.05) is 17.9 Å². The van der Waals surface area contributed by atoms with Gasteiger partial charge < -0.3 is 10.4 Å². The third kappa shape index (κ3) is 4.93.